The Kier molecular flexibility index (Phi) is 5.85. The van der Waals surface area contributed by atoms with Crippen LogP contribution in [0.15, 0.2) is 70.3 Å². The number of hydrogen-bond donors (Lipinski definition) is 1. The molecule has 0 bridgehead atoms. The molecule has 1 heterocycles. The normalized spacial score (nSPS) is 10.7. The molecule has 152 valence electrons. The summed E-state index contributed by atoms with van der Waals surface area (Å²) in [4.78, 5) is 12.3. The van der Waals surface area contributed by atoms with Crippen LogP contribution in [0.4, 0.5) is 5.69 Å². The lowest BCUT2D eigenvalue weighted by atomic mass is 10.1. The van der Waals surface area contributed by atoms with Gasteiger partial charge in [-0.25, -0.2) is 0 Å². The topological polar surface area (TPSA) is 86.5 Å². The van der Waals surface area contributed by atoms with E-state index in [1.54, 1.807) is 32.4 Å². The average Bonchev–Trinajstić information content (AvgIpc) is 3.26. The smallest absolute Gasteiger partial charge is 0.277 e. The van der Waals surface area contributed by atoms with Crippen LogP contribution < -0.4 is 14.8 Å². The Balaban J connectivity index is 1.39. The maximum absolute atomic E-state index is 12.3. The zero-order valence-corrected chi connectivity index (χ0v) is 17.2. The lowest BCUT2D eigenvalue weighted by Crippen LogP contribution is -2.13. The van der Waals surface area contributed by atoms with Crippen LogP contribution in [0.2, 0.25) is 0 Å². The summed E-state index contributed by atoms with van der Waals surface area (Å²) in [5.41, 5.74) is 1.42. The van der Waals surface area contributed by atoms with Crippen LogP contribution in [0.25, 0.3) is 22.2 Å². The highest BCUT2D eigenvalue weighted by atomic mass is 32.2. The van der Waals surface area contributed by atoms with Crippen LogP contribution in [0.3, 0.4) is 0 Å². The lowest BCUT2D eigenvalue weighted by molar-refractivity contribution is -0.113. The van der Waals surface area contributed by atoms with Gasteiger partial charge < -0.3 is 19.2 Å². The number of ether oxygens (including phenoxy) is 2. The van der Waals surface area contributed by atoms with Crippen molar-refractivity contribution in [3.63, 3.8) is 0 Å². The number of rotatable bonds is 7. The third kappa shape index (κ3) is 4.55. The third-order valence-electron chi connectivity index (χ3n) is 4.36. The molecule has 3 aromatic carbocycles. The third-order valence-corrected chi connectivity index (χ3v) is 5.18. The van der Waals surface area contributed by atoms with Crippen LogP contribution in [0.1, 0.15) is 0 Å². The molecule has 0 aliphatic rings. The summed E-state index contributed by atoms with van der Waals surface area (Å²) in [6, 6.07) is 19.1. The van der Waals surface area contributed by atoms with E-state index in [1.807, 2.05) is 42.5 Å². The summed E-state index contributed by atoms with van der Waals surface area (Å²) in [7, 11) is 3.14. The van der Waals surface area contributed by atoms with Crippen LogP contribution >= 0.6 is 11.8 Å². The highest BCUT2D eigenvalue weighted by Gasteiger charge is 2.13. The molecular formula is C22H19N3O4S. The van der Waals surface area contributed by atoms with Crippen LogP contribution in [0, 0.1) is 0 Å². The van der Waals surface area contributed by atoms with Crippen molar-refractivity contribution in [2.24, 2.45) is 0 Å². The molecule has 8 heteroatoms. The molecule has 4 rings (SSSR count). The van der Waals surface area contributed by atoms with E-state index in [1.165, 1.54) is 11.8 Å². The molecule has 0 fully saturated rings. The molecule has 0 unspecified atom stereocenters. The summed E-state index contributed by atoms with van der Waals surface area (Å²) in [5.74, 6) is 1.55. The van der Waals surface area contributed by atoms with Gasteiger partial charge >= 0.3 is 0 Å². The second kappa shape index (κ2) is 8.87. The van der Waals surface area contributed by atoms with Gasteiger partial charge in [-0.2, -0.15) is 0 Å². The van der Waals surface area contributed by atoms with Crippen molar-refractivity contribution in [3.05, 3.63) is 60.7 Å². The molecule has 0 saturated carbocycles. The zero-order chi connectivity index (χ0) is 20.9. The fourth-order valence-corrected chi connectivity index (χ4v) is 3.47. The second-order valence-electron chi connectivity index (χ2n) is 6.37. The van der Waals surface area contributed by atoms with Crippen LogP contribution in [-0.2, 0) is 4.79 Å². The van der Waals surface area contributed by atoms with Gasteiger partial charge in [0.05, 0.1) is 20.0 Å². The molecule has 4 aromatic rings. The number of benzene rings is 3. The number of amides is 1. The average molecular weight is 421 g/mol. The number of hydrogen-bond acceptors (Lipinski definition) is 7. The number of nitrogens with zero attached hydrogens (tertiary/aromatic N) is 2. The Morgan fingerprint density at radius 1 is 0.967 bits per heavy atom. The first kappa shape index (κ1) is 19.8. The number of methoxy groups -OCH3 is 2. The van der Waals surface area contributed by atoms with Gasteiger partial charge in [0.15, 0.2) is 0 Å². The van der Waals surface area contributed by atoms with Gasteiger partial charge in [-0.05, 0) is 35.0 Å². The van der Waals surface area contributed by atoms with Crippen molar-refractivity contribution in [1.29, 1.82) is 0 Å². The minimum absolute atomic E-state index is 0.149. The molecule has 1 aromatic heterocycles. The summed E-state index contributed by atoms with van der Waals surface area (Å²) < 4.78 is 16.2. The number of anilines is 1. The zero-order valence-electron chi connectivity index (χ0n) is 16.4. The first-order chi connectivity index (χ1) is 14.6. The predicted molar refractivity (Wildman–Crippen MR) is 116 cm³/mol. The van der Waals surface area contributed by atoms with Crippen LogP contribution in [0.5, 0.6) is 11.5 Å². The second-order valence-corrected chi connectivity index (χ2v) is 7.30. The molecule has 0 atom stereocenters. The molecule has 1 amide bonds. The molecule has 0 radical (unpaired) electrons. The lowest BCUT2D eigenvalue weighted by Gasteiger charge is -2.06. The highest BCUT2D eigenvalue weighted by molar-refractivity contribution is 7.99. The number of nitrogens with one attached hydrogen (secondary N) is 1. The van der Waals surface area contributed by atoms with E-state index in [0.29, 0.717) is 28.2 Å². The molecule has 1 N–H and O–H groups in total. The van der Waals surface area contributed by atoms with Crippen molar-refractivity contribution < 1.29 is 18.7 Å². The van der Waals surface area contributed by atoms with E-state index < -0.39 is 0 Å². The predicted octanol–water partition coefficient (Wildman–Crippen LogP) is 4.64. The molecule has 0 aliphatic carbocycles. The maximum Gasteiger partial charge on any atom is 0.277 e. The summed E-state index contributed by atoms with van der Waals surface area (Å²) in [6.07, 6.45) is 0. The minimum atomic E-state index is -0.155. The Bertz CT molecular complexity index is 1170. The summed E-state index contributed by atoms with van der Waals surface area (Å²) in [5, 5.41) is 13.4. The van der Waals surface area contributed by atoms with Gasteiger partial charge in [-0.15, -0.1) is 10.2 Å². The number of carbonyl (C=O) groups excluding carboxylic acids is 1. The van der Waals surface area contributed by atoms with Gasteiger partial charge in [0.2, 0.25) is 11.8 Å². The summed E-state index contributed by atoms with van der Waals surface area (Å²) >= 11 is 1.17. The highest BCUT2D eigenvalue weighted by Crippen LogP contribution is 2.30. The van der Waals surface area contributed by atoms with Crippen molar-refractivity contribution in [3.8, 4) is 23.0 Å². The van der Waals surface area contributed by atoms with Gasteiger partial charge in [-0.1, -0.05) is 42.1 Å². The summed E-state index contributed by atoms with van der Waals surface area (Å²) in [6.45, 7) is 0. The van der Waals surface area contributed by atoms with Gasteiger partial charge in [-0.3, -0.25) is 4.79 Å². The number of fused-ring (bicyclic) bond motifs is 1. The van der Waals surface area contributed by atoms with E-state index in [4.69, 9.17) is 13.9 Å². The maximum atomic E-state index is 12.3. The van der Waals surface area contributed by atoms with E-state index in [2.05, 4.69) is 15.5 Å². The van der Waals surface area contributed by atoms with Gasteiger partial charge in [0.25, 0.3) is 5.22 Å². The van der Waals surface area contributed by atoms with E-state index in [0.717, 1.165) is 16.5 Å². The van der Waals surface area contributed by atoms with Crippen molar-refractivity contribution in [2.45, 2.75) is 5.22 Å². The van der Waals surface area contributed by atoms with Gasteiger partial charge in [0, 0.05) is 17.3 Å². The fraction of sp³-hybridized carbons (Fsp3) is 0.136. The minimum Gasteiger partial charge on any atom is -0.497 e. The van der Waals surface area contributed by atoms with Crippen molar-refractivity contribution >= 4 is 34.1 Å². The Morgan fingerprint density at radius 2 is 1.70 bits per heavy atom. The molecule has 0 aliphatic heterocycles. The van der Waals surface area contributed by atoms with Gasteiger partial charge in [0.1, 0.15) is 11.5 Å². The molecule has 0 saturated heterocycles. The Labute approximate surface area is 177 Å². The van der Waals surface area contributed by atoms with Crippen molar-refractivity contribution in [2.75, 3.05) is 25.3 Å². The van der Waals surface area contributed by atoms with E-state index in [9.17, 15) is 4.79 Å². The first-order valence-corrected chi connectivity index (χ1v) is 10.1. The quantitative estimate of drug-likeness (QED) is 0.435. The first-order valence-electron chi connectivity index (χ1n) is 9.13. The number of carbonyl (C=O) groups is 1. The SMILES string of the molecule is COc1cc(OC)cc(-c2nnc(SCC(=O)Nc3ccc4ccccc4c3)o2)c1. The van der Waals surface area contributed by atoms with E-state index >= 15 is 0 Å². The largest absolute Gasteiger partial charge is 0.497 e. The molecular weight excluding hydrogens is 402 g/mol. The molecule has 30 heavy (non-hydrogen) atoms. The van der Waals surface area contributed by atoms with Crippen molar-refractivity contribution in [1.82, 2.24) is 10.2 Å². The standard InChI is InChI=1S/C22H19N3O4S/c1-27-18-10-16(11-19(12-18)28-2)21-24-25-22(29-21)30-13-20(26)23-17-8-7-14-5-3-4-6-15(14)9-17/h3-12H,13H2,1-2H3,(H,23,26). The molecule has 0 spiro atoms. The number of aromatic nitrogens is 2. The fourth-order valence-electron chi connectivity index (χ4n) is 2.91. The number of thioether (sulfide) groups is 1. The monoisotopic (exact) mass is 421 g/mol. The molecule has 7 nitrogen and oxygen atoms in total. The Morgan fingerprint density at radius 3 is 2.43 bits per heavy atom. The van der Waals surface area contributed by atoms with Crippen LogP contribution in [-0.4, -0.2) is 36.1 Å². The Hall–Kier alpha value is -3.52. The van der Waals surface area contributed by atoms with E-state index in [-0.39, 0.29) is 11.7 Å².